The fraction of sp³-hybridized carbons (Fsp3) is 0.125. The van der Waals surface area contributed by atoms with Gasteiger partial charge in [-0.2, -0.15) is 0 Å². The zero-order valence-corrected chi connectivity index (χ0v) is 11.7. The van der Waals surface area contributed by atoms with E-state index in [1.165, 1.54) is 6.92 Å². The number of nitrogens with two attached hydrogens (primary N) is 1. The van der Waals surface area contributed by atoms with Crippen molar-refractivity contribution >= 4 is 23.2 Å². The molecule has 0 radical (unpaired) electrons. The van der Waals surface area contributed by atoms with Gasteiger partial charge in [0, 0.05) is 18.3 Å². The second-order valence-electron chi connectivity index (χ2n) is 4.65. The molecule has 2 rings (SSSR count). The number of hydrogen-bond donors (Lipinski definition) is 3. The van der Waals surface area contributed by atoms with Crippen LogP contribution in [0.3, 0.4) is 0 Å². The van der Waals surface area contributed by atoms with Gasteiger partial charge < -0.3 is 16.4 Å². The van der Waals surface area contributed by atoms with Crippen LogP contribution in [0.1, 0.15) is 18.5 Å². The van der Waals surface area contributed by atoms with Gasteiger partial charge in [-0.05, 0) is 29.8 Å². The Balaban J connectivity index is 2.14. The van der Waals surface area contributed by atoms with Crippen LogP contribution in [0.15, 0.2) is 54.6 Å². The van der Waals surface area contributed by atoms with Crippen LogP contribution < -0.4 is 16.4 Å². The lowest BCUT2D eigenvalue weighted by Gasteiger charge is -2.17. The minimum absolute atomic E-state index is 0.130. The highest BCUT2D eigenvalue weighted by molar-refractivity contribution is 5.89. The van der Waals surface area contributed by atoms with E-state index in [1.807, 2.05) is 30.3 Å². The van der Waals surface area contributed by atoms with Gasteiger partial charge in [-0.3, -0.25) is 9.59 Å². The maximum absolute atomic E-state index is 11.6. The van der Waals surface area contributed by atoms with E-state index in [-0.39, 0.29) is 5.91 Å². The molecular formula is C16H17N3O2. The van der Waals surface area contributed by atoms with Gasteiger partial charge in [-0.1, -0.05) is 30.3 Å². The summed E-state index contributed by atoms with van der Waals surface area (Å²) in [5.74, 6) is -0.581. The number of benzene rings is 2. The van der Waals surface area contributed by atoms with Crippen molar-refractivity contribution in [2.75, 3.05) is 10.6 Å². The van der Waals surface area contributed by atoms with Crippen molar-refractivity contribution in [3.8, 4) is 0 Å². The molecule has 0 saturated heterocycles. The first-order valence-corrected chi connectivity index (χ1v) is 6.54. The highest BCUT2D eigenvalue weighted by Gasteiger charge is 2.16. The van der Waals surface area contributed by atoms with Gasteiger partial charge in [0.15, 0.2) is 0 Å². The van der Waals surface area contributed by atoms with E-state index in [4.69, 9.17) is 5.73 Å². The van der Waals surface area contributed by atoms with E-state index in [9.17, 15) is 9.59 Å². The normalized spacial score (nSPS) is 11.5. The van der Waals surface area contributed by atoms with Gasteiger partial charge in [0.1, 0.15) is 6.04 Å². The predicted molar refractivity (Wildman–Crippen MR) is 82.7 cm³/mol. The average molecular weight is 283 g/mol. The summed E-state index contributed by atoms with van der Waals surface area (Å²) in [5, 5.41) is 5.77. The third kappa shape index (κ3) is 4.07. The Morgan fingerprint density at radius 1 is 0.952 bits per heavy atom. The van der Waals surface area contributed by atoms with E-state index in [0.717, 1.165) is 11.3 Å². The van der Waals surface area contributed by atoms with Crippen molar-refractivity contribution in [3.63, 3.8) is 0 Å². The highest BCUT2D eigenvalue weighted by atomic mass is 16.1. The smallest absolute Gasteiger partial charge is 0.244 e. The number of amides is 2. The summed E-state index contributed by atoms with van der Waals surface area (Å²) in [4.78, 5) is 22.6. The third-order valence-electron chi connectivity index (χ3n) is 2.93. The number of hydrogen-bond acceptors (Lipinski definition) is 3. The van der Waals surface area contributed by atoms with Crippen LogP contribution >= 0.6 is 0 Å². The number of anilines is 2. The zero-order chi connectivity index (χ0) is 15.2. The average Bonchev–Trinajstić information content (AvgIpc) is 2.46. The van der Waals surface area contributed by atoms with Crippen LogP contribution in [0.25, 0.3) is 0 Å². The van der Waals surface area contributed by atoms with Gasteiger partial charge in [-0.25, -0.2) is 0 Å². The Labute approximate surface area is 123 Å². The summed E-state index contributed by atoms with van der Waals surface area (Å²) in [6.45, 7) is 1.45. The van der Waals surface area contributed by atoms with Gasteiger partial charge in [0.25, 0.3) is 0 Å². The molecule has 108 valence electrons. The van der Waals surface area contributed by atoms with Crippen molar-refractivity contribution < 1.29 is 9.59 Å². The number of rotatable bonds is 5. The molecule has 1 unspecified atom stereocenters. The first kappa shape index (κ1) is 14.6. The van der Waals surface area contributed by atoms with Crippen LogP contribution in [0.5, 0.6) is 0 Å². The number of carbonyl (C=O) groups excluding carboxylic acids is 2. The number of nitrogens with one attached hydrogen (secondary N) is 2. The van der Waals surface area contributed by atoms with Crippen LogP contribution in [-0.4, -0.2) is 11.8 Å². The van der Waals surface area contributed by atoms with Crippen molar-refractivity contribution in [3.05, 3.63) is 60.2 Å². The van der Waals surface area contributed by atoms with Crippen molar-refractivity contribution in [2.45, 2.75) is 13.0 Å². The van der Waals surface area contributed by atoms with Gasteiger partial charge in [-0.15, -0.1) is 0 Å². The van der Waals surface area contributed by atoms with Crippen LogP contribution in [0.4, 0.5) is 11.4 Å². The lowest BCUT2D eigenvalue weighted by Crippen LogP contribution is -2.27. The molecule has 0 bridgehead atoms. The molecule has 2 aromatic rings. The minimum atomic E-state index is -0.599. The van der Waals surface area contributed by atoms with E-state index >= 15 is 0 Å². The fourth-order valence-corrected chi connectivity index (χ4v) is 1.98. The summed E-state index contributed by atoms with van der Waals surface area (Å²) >= 11 is 0. The summed E-state index contributed by atoms with van der Waals surface area (Å²) in [6, 6.07) is 15.7. The Morgan fingerprint density at radius 2 is 1.52 bits per heavy atom. The molecule has 2 amide bonds. The zero-order valence-electron chi connectivity index (χ0n) is 11.7. The van der Waals surface area contributed by atoms with E-state index in [1.54, 1.807) is 24.3 Å². The summed E-state index contributed by atoms with van der Waals surface area (Å²) in [6.07, 6.45) is 0. The molecule has 0 fully saturated rings. The third-order valence-corrected chi connectivity index (χ3v) is 2.93. The molecular weight excluding hydrogens is 266 g/mol. The predicted octanol–water partition coefficient (Wildman–Crippen LogP) is 2.28. The monoisotopic (exact) mass is 283 g/mol. The highest BCUT2D eigenvalue weighted by Crippen LogP contribution is 2.21. The molecule has 0 heterocycles. The molecule has 0 aliphatic carbocycles. The minimum Gasteiger partial charge on any atom is -0.370 e. The maximum atomic E-state index is 11.6. The van der Waals surface area contributed by atoms with Crippen LogP contribution in [-0.2, 0) is 9.59 Å². The van der Waals surface area contributed by atoms with E-state index in [2.05, 4.69) is 10.6 Å². The Morgan fingerprint density at radius 3 is 2.05 bits per heavy atom. The first-order valence-electron chi connectivity index (χ1n) is 6.54. The Kier molecular flexibility index (Phi) is 4.56. The molecule has 21 heavy (non-hydrogen) atoms. The second-order valence-corrected chi connectivity index (χ2v) is 4.65. The number of primary amides is 1. The molecule has 2 aromatic carbocycles. The molecule has 0 spiro atoms. The quantitative estimate of drug-likeness (QED) is 0.787. The molecule has 4 N–H and O–H groups in total. The van der Waals surface area contributed by atoms with Crippen molar-refractivity contribution in [2.24, 2.45) is 5.73 Å². The summed E-state index contributed by atoms with van der Waals surface area (Å²) in [7, 11) is 0. The van der Waals surface area contributed by atoms with E-state index in [0.29, 0.717) is 5.69 Å². The van der Waals surface area contributed by atoms with Gasteiger partial charge in [0.05, 0.1) is 0 Å². The fourth-order valence-electron chi connectivity index (χ4n) is 1.98. The molecule has 5 heteroatoms. The molecule has 0 aliphatic heterocycles. The molecule has 0 aliphatic rings. The number of carbonyl (C=O) groups is 2. The van der Waals surface area contributed by atoms with Crippen molar-refractivity contribution in [1.29, 1.82) is 0 Å². The lowest BCUT2D eigenvalue weighted by atomic mass is 10.1. The maximum Gasteiger partial charge on any atom is 0.244 e. The summed E-state index contributed by atoms with van der Waals surface area (Å²) < 4.78 is 0. The second kappa shape index (κ2) is 6.56. The largest absolute Gasteiger partial charge is 0.370 e. The molecule has 0 saturated carbocycles. The molecule has 1 atom stereocenters. The van der Waals surface area contributed by atoms with Crippen LogP contribution in [0.2, 0.25) is 0 Å². The van der Waals surface area contributed by atoms with Crippen LogP contribution in [0, 0.1) is 0 Å². The van der Waals surface area contributed by atoms with Gasteiger partial charge in [0.2, 0.25) is 11.8 Å². The van der Waals surface area contributed by atoms with Crippen molar-refractivity contribution in [1.82, 2.24) is 0 Å². The lowest BCUT2D eigenvalue weighted by molar-refractivity contribution is -0.119. The Hall–Kier alpha value is -2.82. The standard InChI is InChI=1S/C16H17N3O2/c1-11(20)18-13-7-9-14(10-8-13)19-15(16(17)21)12-5-3-2-4-6-12/h2-10,15,19H,1H3,(H2,17,21)(H,18,20). The summed E-state index contributed by atoms with van der Waals surface area (Å²) in [5.41, 5.74) is 7.70. The first-order chi connectivity index (χ1) is 10.1. The van der Waals surface area contributed by atoms with Gasteiger partial charge >= 0.3 is 0 Å². The van der Waals surface area contributed by atoms with E-state index < -0.39 is 11.9 Å². The Bertz CT molecular complexity index is 624. The molecule has 5 nitrogen and oxygen atoms in total. The topological polar surface area (TPSA) is 84.2 Å². The molecule has 0 aromatic heterocycles. The SMILES string of the molecule is CC(=O)Nc1ccc(NC(C(N)=O)c2ccccc2)cc1.